The average Bonchev–Trinajstić information content (AvgIpc) is 2.76. The van der Waals surface area contributed by atoms with E-state index in [0.717, 1.165) is 5.39 Å². The van der Waals surface area contributed by atoms with Crippen molar-refractivity contribution in [2.75, 3.05) is 0 Å². The Morgan fingerprint density at radius 3 is 2.85 bits per heavy atom. The standard InChI is InChI=1S/C14H14N2O4/c17-13(15-9-5-8(6-9)14(18)19)7-11-10-3-1-2-4-12(10)20-16-11/h1-4,8-9H,5-7H2,(H,15,17)(H,18,19). The smallest absolute Gasteiger partial charge is 0.306 e. The number of carboxylic acids is 1. The van der Waals surface area contributed by atoms with Gasteiger partial charge in [0.05, 0.1) is 12.3 Å². The molecule has 2 N–H and O–H groups in total. The maximum atomic E-state index is 11.9. The van der Waals surface area contributed by atoms with Crippen molar-refractivity contribution in [2.24, 2.45) is 5.92 Å². The van der Waals surface area contributed by atoms with Crippen molar-refractivity contribution >= 4 is 22.8 Å². The molecular formula is C14H14N2O4. The number of nitrogens with zero attached hydrogens (tertiary/aromatic N) is 1. The highest BCUT2D eigenvalue weighted by atomic mass is 16.5. The zero-order valence-corrected chi connectivity index (χ0v) is 10.7. The van der Waals surface area contributed by atoms with Crippen LogP contribution in [0.3, 0.4) is 0 Å². The lowest BCUT2D eigenvalue weighted by molar-refractivity contribution is -0.146. The van der Waals surface area contributed by atoms with Gasteiger partial charge in [0, 0.05) is 11.4 Å². The molecule has 0 spiro atoms. The Kier molecular flexibility index (Phi) is 3.14. The number of para-hydroxylation sites is 1. The van der Waals surface area contributed by atoms with E-state index in [1.807, 2.05) is 18.2 Å². The summed E-state index contributed by atoms with van der Waals surface area (Å²) in [4.78, 5) is 22.6. The average molecular weight is 274 g/mol. The molecule has 104 valence electrons. The number of hydrogen-bond donors (Lipinski definition) is 2. The van der Waals surface area contributed by atoms with E-state index in [4.69, 9.17) is 9.63 Å². The summed E-state index contributed by atoms with van der Waals surface area (Å²) < 4.78 is 5.14. The van der Waals surface area contributed by atoms with Crippen LogP contribution in [0, 0.1) is 5.92 Å². The lowest BCUT2D eigenvalue weighted by Crippen LogP contribution is -2.47. The summed E-state index contributed by atoms with van der Waals surface area (Å²) in [5.41, 5.74) is 1.26. The van der Waals surface area contributed by atoms with E-state index in [2.05, 4.69) is 10.5 Å². The van der Waals surface area contributed by atoms with Crippen molar-refractivity contribution in [3.05, 3.63) is 30.0 Å². The van der Waals surface area contributed by atoms with Crippen molar-refractivity contribution in [1.82, 2.24) is 10.5 Å². The molecule has 1 amide bonds. The number of benzene rings is 1. The first-order valence-corrected chi connectivity index (χ1v) is 6.49. The third-order valence-corrected chi connectivity index (χ3v) is 3.63. The van der Waals surface area contributed by atoms with Crippen LogP contribution in [0.2, 0.25) is 0 Å². The predicted octanol–water partition coefficient (Wildman–Crippen LogP) is 1.35. The molecule has 0 bridgehead atoms. The molecule has 0 saturated heterocycles. The fraction of sp³-hybridized carbons (Fsp3) is 0.357. The number of nitrogens with one attached hydrogen (secondary N) is 1. The predicted molar refractivity (Wildman–Crippen MR) is 70.0 cm³/mol. The molecule has 1 heterocycles. The molecule has 1 fully saturated rings. The summed E-state index contributed by atoms with van der Waals surface area (Å²) in [6.07, 6.45) is 1.15. The zero-order chi connectivity index (χ0) is 14.1. The molecule has 2 aromatic rings. The van der Waals surface area contributed by atoms with Crippen LogP contribution in [-0.2, 0) is 16.0 Å². The van der Waals surface area contributed by atoms with Crippen molar-refractivity contribution in [2.45, 2.75) is 25.3 Å². The Hall–Kier alpha value is -2.37. The fourth-order valence-electron chi connectivity index (χ4n) is 2.43. The van der Waals surface area contributed by atoms with Crippen LogP contribution in [0.15, 0.2) is 28.8 Å². The number of aromatic nitrogens is 1. The number of carbonyl (C=O) groups excluding carboxylic acids is 1. The van der Waals surface area contributed by atoms with Gasteiger partial charge in [0.25, 0.3) is 0 Å². The van der Waals surface area contributed by atoms with E-state index in [9.17, 15) is 9.59 Å². The molecule has 1 aromatic heterocycles. The first-order chi connectivity index (χ1) is 9.63. The van der Waals surface area contributed by atoms with Gasteiger partial charge >= 0.3 is 5.97 Å². The molecule has 1 aliphatic carbocycles. The quantitative estimate of drug-likeness (QED) is 0.878. The first kappa shape index (κ1) is 12.7. The molecular weight excluding hydrogens is 260 g/mol. The highest BCUT2D eigenvalue weighted by Gasteiger charge is 2.35. The van der Waals surface area contributed by atoms with Crippen LogP contribution < -0.4 is 5.32 Å². The molecule has 0 aliphatic heterocycles. The second kappa shape index (κ2) is 4.96. The Labute approximate surface area is 114 Å². The van der Waals surface area contributed by atoms with E-state index in [0.29, 0.717) is 24.1 Å². The summed E-state index contributed by atoms with van der Waals surface area (Å²) >= 11 is 0. The van der Waals surface area contributed by atoms with Gasteiger partial charge in [-0.25, -0.2) is 0 Å². The lowest BCUT2D eigenvalue weighted by atomic mass is 9.80. The molecule has 1 aromatic carbocycles. The minimum atomic E-state index is -0.794. The molecule has 3 rings (SSSR count). The van der Waals surface area contributed by atoms with Crippen LogP contribution in [0.1, 0.15) is 18.5 Å². The van der Waals surface area contributed by atoms with Gasteiger partial charge in [-0.05, 0) is 25.0 Å². The van der Waals surface area contributed by atoms with Gasteiger partial charge in [0.15, 0.2) is 5.58 Å². The number of aliphatic carboxylic acids is 1. The van der Waals surface area contributed by atoms with Gasteiger partial charge in [-0.1, -0.05) is 17.3 Å². The number of fused-ring (bicyclic) bond motifs is 1. The van der Waals surface area contributed by atoms with E-state index in [-0.39, 0.29) is 24.3 Å². The number of carbonyl (C=O) groups is 2. The SMILES string of the molecule is O=C(Cc1noc2ccccc12)NC1CC(C(=O)O)C1. The van der Waals surface area contributed by atoms with Crippen molar-refractivity contribution in [3.63, 3.8) is 0 Å². The summed E-state index contributed by atoms with van der Waals surface area (Å²) in [6.45, 7) is 0. The van der Waals surface area contributed by atoms with E-state index in [1.165, 1.54) is 0 Å². The Morgan fingerprint density at radius 2 is 2.10 bits per heavy atom. The summed E-state index contributed by atoms with van der Waals surface area (Å²) in [5, 5.41) is 16.3. The monoisotopic (exact) mass is 274 g/mol. The van der Waals surface area contributed by atoms with Crippen molar-refractivity contribution in [3.8, 4) is 0 Å². The molecule has 6 heteroatoms. The van der Waals surface area contributed by atoms with Crippen molar-refractivity contribution in [1.29, 1.82) is 0 Å². The minimum Gasteiger partial charge on any atom is -0.481 e. The third-order valence-electron chi connectivity index (χ3n) is 3.63. The van der Waals surface area contributed by atoms with Crippen LogP contribution in [0.5, 0.6) is 0 Å². The fourth-order valence-corrected chi connectivity index (χ4v) is 2.43. The minimum absolute atomic E-state index is 0.0400. The van der Waals surface area contributed by atoms with Gasteiger partial charge in [-0.3, -0.25) is 9.59 Å². The first-order valence-electron chi connectivity index (χ1n) is 6.49. The maximum Gasteiger partial charge on any atom is 0.306 e. The van der Waals surface area contributed by atoms with Gasteiger partial charge in [0.2, 0.25) is 5.91 Å². The topological polar surface area (TPSA) is 92.4 Å². The third kappa shape index (κ3) is 2.36. The summed E-state index contributed by atoms with van der Waals surface area (Å²) in [7, 11) is 0. The second-order valence-electron chi connectivity index (χ2n) is 5.07. The molecule has 0 atom stereocenters. The molecule has 0 radical (unpaired) electrons. The molecule has 20 heavy (non-hydrogen) atoms. The van der Waals surface area contributed by atoms with E-state index in [1.54, 1.807) is 6.07 Å². The second-order valence-corrected chi connectivity index (χ2v) is 5.07. The largest absolute Gasteiger partial charge is 0.481 e. The lowest BCUT2D eigenvalue weighted by Gasteiger charge is -2.32. The Bertz CT molecular complexity index is 658. The van der Waals surface area contributed by atoms with Gasteiger partial charge in [-0.2, -0.15) is 0 Å². The molecule has 1 saturated carbocycles. The van der Waals surface area contributed by atoms with E-state index < -0.39 is 5.97 Å². The zero-order valence-electron chi connectivity index (χ0n) is 10.7. The van der Waals surface area contributed by atoms with Crippen molar-refractivity contribution < 1.29 is 19.2 Å². The number of rotatable bonds is 4. The highest BCUT2D eigenvalue weighted by molar-refractivity contribution is 5.86. The Balaban J connectivity index is 1.58. The van der Waals surface area contributed by atoms with Crippen LogP contribution in [0.25, 0.3) is 11.0 Å². The number of carboxylic acid groups (broad SMARTS) is 1. The van der Waals surface area contributed by atoms with E-state index >= 15 is 0 Å². The molecule has 0 unspecified atom stereocenters. The Morgan fingerprint density at radius 1 is 1.35 bits per heavy atom. The van der Waals surface area contributed by atoms with Crippen LogP contribution in [0.4, 0.5) is 0 Å². The number of hydrogen-bond acceptors (Lipinski definition) is 4. The van der Waals surface area contributed by atoms with Gasteiger partial charge in [0.1, 0.15) is 5.69 Å². The normalized spacial score (nSPS) is 21.4. The van der Waals surface area contributed by atoms with Gasteiger partial charge < -0.3 is 14.9 Å². The van der Waals surface area contributed by atoms with Crippen LogP contribution >= 0.6 is 0 Å². The summed E-state index contributed by atoms with van der Waals surface area (Å²) in [5.74, 6) is -1.27. The molecule has 6 nitrogen and oxygen atoms in total. The van der Waals surface area contributed by atoms with Crippen LogP contribution in [-0.4, -0.2) is 28.2 Å². The maximum absolute atomic E-state index is 11.9. The highest BCUT2D eigenvalue weighted by Crippen LogP contribution is 2.27. The number of amides is 1. The molecule has 1 aliphatic rings. The van der Waals surface area contributed by atoms with Gasteiger partial charge in [-0.15, -0.1) is 0 Å². The summed E-state index contributed by atoms with van der Waals surface area (Å²) in [6, 6.07) is 7.33.